The van der Waals surface area contributed by atoms with E-state index >= 15 is 0 Å². The van der Waals surface area contributed by atoms with Gasteiger partial charge in [-0.25, -0.2) is 0 Å². The molecule has 1 aliphatic carbocycles. The lowest BCUT2D eigenvalue weighted by molar-refractivity contribution is -0.137. The monoisotopic (exact) mass is 380 g/mol. The highest BCUT2D eigenvalue weighted by atomic mass is 19.4. The van der Waals surface area contributed by atoms with E-state index in [0.717, 1.165) is 30.5 Å². The number of aliphatic hydroxyl groups is 1. The molecule has 3 aliphatic rings. The summed E-state index contributed by atoms with van der Waals surface area (Å²) in [5, 5.41) is 12.9. The molecule has 8 heteroatoms. The molecule has 0 spiro atoms. The lowest BCUT2D eigenvalue weighted by Gasteiger charge is -2.30. The predicted octanol–water partition coefficient (Wildman–Crippen LogP) is 3.02. The fraction of sp³-hybridized carbons (Fsp3) is 0.474. The first kappa shape index (κ1) is 17.9. The molecule has 0 radical (unpaired) electrons. The van der Waals surface area contributed by atoms with Gasteiger partial charge in [0.2, 0.25) is 0 Å². The first-order valence-corrected chi connectivity index (χ1v) is 9.02. The number of nitrogens with one attached hydrogen (secondary N) is 1. The van der Waals surface area contributed by atoms with E-state index in [1.807, 2.05) is 0 Å². The van der Waals surface area contributed by atoms with Crippen molar-refractivity contribution < 1.29 is 27.9 Å². The summed E-state index contributed by atoms with van der Waals surface area (Å²) in [6.07, 6.45) is -1.14. The fourth-order valence-corrected chi connectivity index (χ4v) is 4.31. The van der Waals surface area contributed by atoms with Gasteiger partial charge in [0, 0.05) is 6.54 Å². The molecule has 144 valence electrons. The van der Waals surface area contributed by atoms with E-state index in [0.29, 0.717) is 31.4 Å². The van der Waals surface area contributed by atoms with Crippen molar-refractivity contribution in [2.24, 2.45) is 0 Å². The van der Waals surface area contributed by atoms with Crippen LogP contribution >= 0.6 is 0 Å². The number of aliphatic hydroxyl groups excluding tert-OH is 1. The van der Waals surface area contributed by atoms with Crippen LogP contribution in [0.1, 0.15) is 48.4 Å². The number of halogens is 3. The van der Waals surface area contributed by atoms with Crippen molar-refractivity contribution in [3.8, 4) is 0 Å². The average Bonchev–Trinajstić information content (AvgIpc) is 3.13. The van der Waals surface area contributed by atoms with E-state index in [1.165, 1.54) is 11.0 Å². The summed E-state index contributed by atoms with van der Waals surface area (Å²) in [6.45, 7) is 0.492. The van der Waals surface area contributed by atoms with E-state index in [9.17, 15) is 27.9 Å². The molecular formula is C19H19F3N2O3. The van der Waals surface area contributed by atoms with Crippen LogP contribution in [-0.2, 0) is 22.2 Å². The minimum Gasteiger partial charge on any atom is -0.503 e. The molecule has 1 fully saturated rings. The molecule has 1 unspecified atom stereocenters. The molecule has 0 bridgehead atoms. The Bertz CT molecular complexity index is 847. The summed E-state index contributed by atoms with van der Waals surface area (Å²) in [5.41, 5.74) is 0.510. The average molecular weight is 380 g/mol. The van der Waals surface area contributed by atoms with Gasteiger partial charge < -0.3 is 15.3 Å². The van der Waals surface area contributed by atoms with E-state index in [4.69, 9.17) is 0 Å². The number of amides is 2. The van der Waals surface area contributed by atoms with Crippen LogP contribution in [0, 0.1) is 0 Å². The smallest absolute Gasteiger partial charge is 0.416 e. The third-order valence-corrected chi connectivity index (χ3v) is 5.66. The third-order valence-electron chi connectivity index (χ3n) is 5.66. The van der Waals surface area contributed by atoms with Crippen LogP contribution in [0.3, 0.4) is 0 Å². The second kappa shape index (κ2) is 6.28. The van der Waals surface area contributed by atoms with Gasteiger partial charge in [0.15, 0.2) is 5.76 Å². The van der Waals surface area contributed by atoms with Crippen LogP contribution in [0.25, 0.3) is 0 Å². The minimum absolute atomic E-state index is 0.0418. The summed E-state index contributed by atoms with van der Waals surface area (Å²) in [5.74, 6) is -1.66. The molecular weight excluding hydrogens is 361 g/mol. The Balaban J connectivity index is 1.58. The molecule has 27 heavy (non-hydrogen) atoms. The summed E-state index contributed by atoms with van der Waals surface area (Å²) in [6, 6.07) is 2.56. The summed E-state index contributed by atoms with van der Waals surface area (Å²) in [4.78, 5) is 26.4. The zero-order valence-corrected chi connectivity index (χ0v) is 14.5. The van der Waals surface area contributed by atoms with Crippen LogP contribution in [-0.4, -0.2) is 34.4 Å². The summed E-state index contributed by atoms with van der Waals surface area (Å²) < 4.78 is 39.0. The molecule has 2 heterocycles. The van der Waals surface area contributed by atoms with Gasteiger partial charge in [-0.15, -0.1) is 0 Å². The zero-order valence-electron chi connectivity index (χ0n) is 14.5. The maximum absolute atomic E-state index is 13.0. The molecule has 4 rings (SSSR count). The van der Waals surface area contributed by atoms with Crippen LogP contribution in [0.4, 0.5) is 13.2 Å². The number of hydrogen-bond donors (Lipinski definition) is 2. The number of fused-ring (bicyclic) bond motifs is 2. The van der Waals surface area contributed by atoms with E-state index in [1.54, 1.807) is 0 Å². The van der Waals surface area contributed by atoms with Crippen molar-refractivity contribution in [2.45, 2.75) is 50.4 Å². The molecule has 1 aromatic carbocycles. The number of hydrogen-bond acceptors (Lipinski definition) is 3. The maximum Gasteiger partial charge on any atom is 0.416 e. The second-order valence-electron chi connectivity index (χ2n) is 7.25. The van der Waals surface area contributed by atoms with E-state index < -0.39 is 41.4 Å². The SMILES string of the molecule is O=C(N[C@@H]1CCc2ccc(C(F)(F)F)cc21)C1=C(O)C(=O)N2CCCCC12. The number of alkyl halides is 3. The number of nitrogens with zero attached hydrogens (tertiary/aromatic N) is 1. The molecule has 0 aromatic heterocycles. The Morgan fingerprint density at radius 2 is 2.00 bits per heavy atom. The number of aryl methyl sites for hydroxylation is 1. The lowest BCUT2D eigenvalue weighted by Crippen LogP contribution is -2.42. The Labute approximate surface area is 153 Å². The van der Waals surface area contributed by atoms with Gasteiger partial charge in [0.05, 0.1) is 23.2 Å². The summed E-state index contributed by atoms with van der Waals surface area (Å²) in [7, 11) is 0. The third kappa shape index (κ3) is 2.96. The quantitative estimate of drug-likeness (QED) is 0.829. The van der Waals surface area contributed by atoms with Gasteiger partial charge >= 0.3 is 6.18 Å². The molecule has 2 N–H and O–H groups in total. The van der Waals surface area contributed by atoms with Crippen LogP contribution < -0.4 is 5.32 Å². The maximum atomic E-state index is 13.0. The minimum atomic E-state index is -4.45. The first-order chi connectivity index (χ1) is 12.8. The predicted molar refractivity (Wildman–Crippen MR) is 89.7 cm³/mol. The standard InChI is InChI=1S/C19H19F3N2O3/c20-19(21,22)11-6-4-10-5-7-13(12(10)9-11)23-17(26)15-14-3-1-2-8-24(14)18(27)16(15)25/h4,6,9,13-14,25H,1-3,5,7-8H2,(H,23,26)/t13-,14?/m1/s1. The zero-order chi connectivity index (χ0) is 19.3. The van der Waals surface area contributed by atoms with Crippen LogP contribution in [0.2, 0.25) is 0 Å². The molecule has 0 saturated carbocycles. The molecule has 2 atom stereocenters. The lowest BCUT2D eigenvalue weighted by atomic mass is 9.97. The van der Waals surface area contributed by atoms with Gasteiger partial charge in [-0.05, 0) is 55.4 Å². The highest BCUT2D eigenvalue weighted by Crippen LogP contribution is 2.38. The number of carbonyl (C=O) groups excluding carboxylic acids is 2. The molecule has 2 amide bonds. The fourth-order valence-electron chi connectivity index (χ4n) is 4.31. The largest absolute Gasteiger partial charge is 0.503 e. The van der Waals surface area contributed by atoms with E-state index in [-0.39, 0.29) is 5.57 Å². The Morgan fingerprint density at radius 3 is 2.74 bits per heavy atom. The Morgan fingerprint density at radius 1 is 1.22 bits per heavy atom. The molecule has 1 aromatic rings. The summed E-state index contributed by atoms with van der Waals surface area (Å²) >= 11 is 0. The van der Waals surface area contributed by atoms with Crippen molar-refractivity contribution >= 4 is 11.8 Å². The Kier molecular flexibility index (Phi) is 4.16. The van der Waals surface area contributed by atoms with E-state index in [2.05, 4.69) is 5.32 Å². The van der Waals surface area contributed by atoms with Gasteiger partial charge in [-0.3, -0.25) is 9.59 Å². The van der Waals surface area contributed by atoms with Crippen molar-refractivity contribution in [3.05, 3.63) is 46.2 Å². The van der Waals surface area contributed by atoms with Gasteiger partial charge in [-0.2, -0.15) is 13.2 Å². The van der Waals surface area contributed by atoms with Crippen molar-refractivity contribution in [1.82, 2.24) is 10.2 Å². The normalized spacial score (nSPS) is 24.9. The van der Waals surface area contributed by atoms with Crippen LogP contribution in [0.5, 0.6) is 0 Å². The Hall–Kier alpha value is -2.51. The number of piperidine rings is 1. The van der Waals surface area contributed by atoms with Crippen molar-refractivity contribution in [1.29, 1.82) is 0 Å². The number of carbonyl (C=O) groups is 2. The molecule has 2 aliphatic heterocycles. The van der Waals surface area contributed by atoms with Crippen molar-refractivity contribution in [2.75, 3.05) is 6.54 Å². The highest BCUT2D eigenvalue weighted by molar-refractivity contribution is 6.08. The first-order valence-electron chi connectivity index (χ1n) is 9.02. The van der Waals surface area contributed by atoms with Crippen molar-refractivity contribution in [3.63, 3.8) is 0 Å². The molecule has 5 nitrogen and oxygen atoms in total. The number of benzene rings is 1. The van der Waals surface area contributed by atoms with Gasteiger partial charge in [0.1, 0.15) is 0 Å². The second-order valence-corrected chi connectivity index (χ2v) is 7.25. The topological polar surface area (TPSA) is 69.6 Å². The van der Waals surface area contributed by atoms with Gasteiger partial charge in [-0.1, -0.05) is 6.07 Å². The number of rotatable bonds is 2. The highest BCUT2D eigenvalue weighted by Gasteiger charge is 2.44. The molecule has 1 saturated heterocycles. The van der Waals surface area contributed by atoms with Gasteiger partial charge in [0.25, 0.3) is 11.8 Å². The van der Waals surface area contributed by atoms with Crippen LogP contribution in [0.15, 0.2) is 29.5 Å².